The van der Waals surface area contributed by atoms with Crippen LogP contribution in [0.25, 0.3) is 0 Å². The zero-order chi connectivity index (χ0) is 20.1. The van der Waals surface area contributed by atoms with Crippen LogP contribution < -0.4 is 16.4 Å². The molecule has 2 atom stereocenters. The second-order valence-corrected chi connectivity index (χ2v) is 6.97. The van der Waals surface area contributed by atoms with Crippen molar-refractivity contribution in [2.75, 3.05) is 11.9 Å². The number of rotatable bonds is 5. The summed E-state index contributed by atoms with van der Waals surface area (Å²) in [4.78, 5) is 37.5. The number of piperidine rings is 1. The number of nitrogens with one attached hydrogen (secondary N) is 2. The van der Waals surface area contributed by atoms with E-state index in [2.05, 4.69) is 10.6 Å². The van der Waals surface area contributed by atoms with Crippen LogP contribution in [0.2, 0.25) is 0 Å². The molecule has 1 aromatic heterocycles. The van der Waals surface area contributed by atoms with Crippen molar-refractivity contribution in [1.29, 1.82) is 0 Å². The number of carbonyl (C=O) groups is 3. The van der Waals surface area contributed by atoms with Crippen LogP contribution in [0.1, 0.15) is 35.9 Å². The van der Waals surface area contributed by atoms with Gasteiger partial charge in [0.05, 0.1) is 12.2 Å². The Morgan fingerprint density at radius 3 is 2.57 bits per heavy atom. The van der Waals surface area contributed by atoms with Crippen molar-refractivity contribution in [2.24, 2.45) is 11.7 Å². The van der Waals surface area contributed by atoms with Gasteiger partial charge in [0, 0.05) is 24.8 Å². The van der Waals surface area contributed by atoms with E-state index >= 15 is 0 Å². The summed E-state index contributed by atoms with van der Waals surface area (Å²) in [5.74, 6) is -0.744. The molecular weight excluding hydrogens is 360 g/mol. The van der Waals surface area contributed by atoms with Crippen molar-refractivity contribution in [3.8, 4) is 0 Å². The Kier molecular flexibility index (Phi) is 5.98. The zero-order valence-electron chi connectivity index (χ0n) is 15.7. The van der Waals surface area contributed by atoms with Crippen molar-refractivity contribution in [3.05, 3.63) is 54.0 Å². The van der Waals surface area contributed by atoms with E-state index in [0.717, 1.165) is 12.0 Å². The number of hydrogen-bond donors (Lipinski definition) is 3. The number of hydrogen-bond acceptors (Lipinski definition) is 4. The van der Waals surface area contributed by atoms with E-state index < -0.39 is 0 Å². The van der Waals surface area contributed by atoms with Crippen LogP contribution in [0, 0.1) is 5.92 Å². The molecule has 1 aliphatic rings. The fraction of sp³-hybridized carbons (Fsp3) is 0.350. The van der Waals surface area contributed by atoms with Crippen LogP contribution in [0.4, 0.5) is 10.5 Å². The third kappa shape index (κ3) is 4.70. The molecule has 4 N–H and O–H groups in total. The first-order valence-corrected chi connectivity index (χ1v) is 9.21. The molecule has 0 aliphatic carbocycles. The topological polar surface area (TPSA) is 118 Å². The van der Waals surface area contributed by atoms with Gasteiger partial charge in [-0.3, -0.25) is 9.59 Å². The van der Waals surface area contributed by atoms with E-state index in [1.807, 2.05) is 19.1 Å². The highest BCUT2D eigenvalue weighted by Crippen LogP contribution is 2.21. The molecule has 28 heavy (non-hydrogen) atoms. The number of carbonyl (C=O) groups excluding carboxylic acids is 3. The number of nitrogens with two attached hydrogens (primary N) is 1. The summed E-state index contributed by atoms with van der Waals surface area (Å²) in [6, 6.07) is 10.3. The molecule has 1 saturated heterocycles. The van der Waals surface area contributed by atoms with Gasteiger partial charge >= 0.3 is 6.03 Å². The van der Waals surface area contributed by atoms with Crippen LogP contribution in [-0.2, 0) is 11.3 Å². The lowest BCUT2D eigenvalue weighted by Crippen LogP contribution is -2.51. The quantitative estimate of drug-likeness (QED) is 0.733. The fourth-order valence-corrected chi connectivity index (χ4v) is 3.21. The van der Waals surface area contributed by atoms with Gasteiger partial charge in [-0.25, -0.2) is 4.79 Å². The second kappa shape index (κ2) is 8.60. The van der Waals surface area contributed by atoms with Gasteiger partial charge in [-0.2, -0.15) is 0 Å². The largest absolute Gasteiger partial charge is 0.459 e. The van der Waals surface area contributed by atoms with Crippen molar-refractivity contribution < 1.29 is 18.8 Å². The minimum atomic E-state index is -0.364. The number of anilines is 1. The number of benzene rings is 1. The van der Waals surface area contributed by atoms with Crippen LogP contribution in [0.3, 0.4) is 0 Å². The van der Waals surface area contributed by atoms with E-state index in [1.54, 1.807) is 29.2 Å². The summed E-state index contributed by atoms with van der Waals surface area (Å²) in [7, 11) is 0. The maximum Gasteiger partial charge on any atom is 0.317 e. The molecule has 2 unspecified atom stereocenters. The third-order valence-corrected chi connectivity index (χ3v) is 4.95. The Morgan fingerprint density at radius 1 is 1.18 bits per heavy atom. The number of nitrogens with zero attached hydrogens (tertiary/aromatic N) is 1. The third-order valence-electron chi connectivity index (χ3n) is 4.95. The molecule has 0 bridgehead atoms. The van der Waals surface area contributed by atoms with Gasteiger partial charge in [-0.05, 0) is 49.6 Å². The molecule has 8 heteroatoms. The summed E-state index contributed by atoms with van der Waals surface area (Å²) in [5, 5.41) is 5.61. The van der Waals surface area contributed by atoms with Crippen molar-refractivity contribution in [2.45, 2.75) is 32.4 Å². The van der Waals surface area contributed by atoms with Crippen LogP contribution in [0.15, 0.2) is 47.1 Å². The Bertz CT molecular complexity index is 832. The van der Waals surface area contributed by atoms with Crippen molar-refractivity contribution in [3.63, 3.8) is 0 Å². The molecule has 1 fully saturated rings. The Hall–Kier alpha value is -3.29. The van der Waals surface area contributed by atoms with Gasteiger partial charge in [0.15, 0.2) is 5.76 Å². The first-order valence-electron chi connectivity index (χ1n) is 9.21. The number of furan rings is 1. The fourth-order valence-electron chi connectivity index (χ4n) is 3.21. The van der Waals surface area contributed by atoms with E-state index in [9.17, 15) is 14.4 Å². The Balaban J connectivity index is 1.52. The standard InChI is InChI=1S/C20H24N4O4/c1-13-4-7-15(18(21)25)12-24(13)20(27)22-11-14-5-8-16(9-6-14)23-19(26)17-3-2-10-28-17/h2-3,5-6,8-10,13,15H,4,7,11-12H2,1H3,(H2,21,25)(H,22,27)(H,23,26). The Labute approximate surface area is 163 Å². The molecular formula is C20H24N4O4. The summed E-state index contributed by atoms with van der Waals surface area (Å²) < 4.78 is 5.05. The SMILES string of the molecule is CC1CCC(C(N)=O)CN1C(=O)NCc1ccc(NC(=O)c2ccco2)cc1. The average Bonchev–Trinajstić information content (AvgIpc) is 3.22. The highest BCUT2D eigenvalue weighted by molar-refractivity contribution is 6.02. The smallest absolute Gasteiger partial charge is 0.317 e. The van der Waals surface area contributed by atoms with E-state index in [1.165, 1.54) is 6.26 Å². The summed E-state index contributed by atoms with van der Waals surface area (Å²) in [6.45, 7) is 2.66. The molecule has 1 aliphatic heterocycles. The monoisotopic (exact) mass is 384 g/mol. The molecule has 0 radical (unpaired) electrons. The van der Waals surface area contributed by atoms with E-state index in [4.69, 9.17) is 10.2 Å². The maximum atomic E-state index is 12.5. The summed E-state index contributed by atoms with van der Waals surface area (Å²) in [5.41, 5.74) is 6.91. The Morgan fingerprint density at radius 2 is 1.93 bits per heavy atom. The lowest BCUT2D eigenvalue weighted by Gasteiger charge is -2.36. The first-order chi connectivity index (χ1) is 13.4. The van der Waals surface area contributed by atoms with Gasteiger partial charge in [-0.1, -0.05) is 12.1 Å². The molecule has 2 aromatic rings. The highest BCUT2D eigenvalue weighted by atomic mass is 16.3. The zero-order valence-corrected chi connectivity index (χ0v) is 15.7. The van der Waals surface area contributed by atoms with Gasteiger partial charge in [0.25, 0.3) is 5.91 Å². The second-order valence-electron chi connectivity index (χ2n) is 6.97. The number of urea groups is 1. The van der Waals surface area contributed by atoms with Crippen LogP contribution in [0.5, 0.6) is 0 Å². The van der Waals surface area contributed by atoms with Crippen LogP contribution in [-0.4, -0.2) is 35.3 Å². The van der Waals surface area contributed by atoms with E-state index in [0.29, 0.717) is 25.2 Å². The van der Waals surface area contributed by atoms with E-state index in [-0.39, 0.29) is 35.6 Å². The maximum absolute atomic E-state index is 12.5. The molecule has 0 spiro atoms. The first kappa shape index (κ1) is 19.5. The molecule has 1 aromatic carbocycles. The molecule has 3 rings (SSSR count). The minimum absolute atomic E-state index is 0.0646. The minimum Gasteiger partial charge on any atom is -0.459 e. The molecule has 0 saturated carbocycles. The number of primary amides is 1. The normalized spacial score (nSPS) is 19.1. The molecule has 2 heterocycles. The molecule has 8 nitrogen and oxygen atoms in total. The van der Waals surface area contributed by atoms with Gasteiger partial charge in [0.1, 0.15) is 0 Å². The van der Waals surface area contributed by atoms with Crippen LogP contribution >= 0.6 is 0 Å². The summed E-state index contributed by atoms with van der Waals surface area (Å²) >= 11 is 0. The van der Waals surface area contributed by atoms with Crippen molar-refractivity contribution >= 4 is 23.5 Å². The lowest BCUT2D eigenvalue weighted by molar-refractivity contribution is -0.123. The van der Waals surface area contributed by atoms with Gasteiger partial charge in [-0.15, -0.1) is 0 Å². The highest BCUT2D eigenvalue weighted by Gasteiger charge is 2.31. The van der Waals surface area contributed by atoms with Gasteiger partial charge < -0.3 is 25.7 Å². The lowest BCUT2D eigenvalue weighted by atomic mass is 9.93. The number of amides is 4. The van der Waals surface area contributed by atoms with Gasteiger partial charge in [0.2, 0.25) is 5.91 Å². The predicted molar refractivity (Wildman–Crippen MR) is 103 cm³/mol. The average molecular weight is 384 g/mol. The molecule has 4 amide bonds. The predicted octanol–water partition coefficient (Wildman–Crippen LogP) is 2.33. The molecule has 148 valence electrons. The summed E-state index contributed by atoms with van der Waals surface area (Å²) in [6.07, 6.45) is 2.91. The number of likely N-dealkylation sites (tertiary alicyclic amines) is 1. The van der Waals surface area contributed by atoms with Crippen molar-refractivity contribution in [1.82, 2.24) is 10.2 Å².